The number of rotatable bonds is 5. The second-order valence-corrected chi connectivity index (χ2v) is 6.63. The second-order valence-electron chi connectivity index (χ2n) is 5.71. The van der Waals surface area contributed by atoms with Gasteiger partial charge in [0.15, 0.2) is 0 Å². The van der Waals surface area contributed by atoms with Crippen molar-refractivity contribution in [2.45, 2.75) is 63.7 Å². The Morgan fingerprint density at radius 2 is 2.39 bits per heavy atom. The van der Waals surface area contributed by atoms with E-state index in [4.69, 9.17) is 0 Å². The van der Waals surface area contributed by atoms with E-state index in [0.717, 1.165) is 18.5 Å². The molecule has 0 radical (unpaired) electrons. The van der Waals surface area contributed by atoms with E-state index >= 15 is 0 Å². The molecule has 1 aromatic heterocycles. The lowest BCUT2D eigenvalue weighted by atomic mass is 10.1. The van der Waals surface area contributed by atoms with Crippen molar-refractivity contribution in [1.29, 1.82) is 0 Å². The lowest BCUT2D eigenvalue weighted by Gasteiger charge is -2.21. The Bertz CT molecular complexity index is 374. The summed E-state index contributed by atoms with van der Waals surface area (Å²) in [5.74, 6) is 0. The van der Waals surface area contributed by atoms with Gasteiger partial charge in [0, 0.05) is 36.2 Å². The third kappa shape index (κ3) is 2.60. The van der Waals surface area contributed by atoms with E-state index in [1.165, 1.54) is 30.8 Å². The Kier molecular flexibility index (Phi) is 3.68. The van der Waals surface area contributed by atoms with E-state index in [1.807, 2.05) is 6.20 Å². The van der Waals surface area contributed by atoms with Crippen LogP contribution in [-0.4, -0.2) is 34.6 Å². The van der Waals surface area contributed by atoms with Crippen LogP contribution in [0.4, 0.5) is 0 Å². The van der Waals surface area contributed by atoms with Crippen LogP contribution in [0.5, 0.6) is 0 Å². The topological polar surface area (TPSA) is 28.2 Å². The van der Waals surface area contributed by atoms with Crippen molar-refractivity contribution in [3.8, 4) is 0 Å². The Hall–Kier alpha value is -0.450. The van der Waals surface area contributed by atoms with Crippen molar-refractivity contribution >= 4 is 11.3 Å². The predicted octanol–water partition coefficient (Wildman–Crippen LogP) is 2.81. The van der Waals surface area contributed by atoms with Crippen LogP contribution in [-0.2, 0) is 0 Å². The number of likely N-dealkylation sites (tertiary alicyclic amines) is 1. The molecule has 3 rings (SSSR count). The van der Waals surface area contributed by atoms with Gasteiger partial charge in [-0.05, 0) is 32.6 Å². The largest absolute Gasteiger partial charge is 0.304 e. The highest BCUT2D eigenvalue weighted by Crippen LogP contribution is 2.34. The first kappa shape index (κ1) is 12.6. The van der Waals surface area contributed by atoms with Crippen LogP contribution in [0.1, 0.15) is 50.6 Å². The average molecular weight is 265 g/mol. The quantitative estimate of drug-likeness (QED) is 0.887. The minimum atomic E-state index is 0.446. The van der Waals surface area contributed by atoms with Crippen molar-refractivity contribution < 1.29 is 0 Å². The van der Waals surface area contributed by atoms with Crippen molar-refractivity contribution in [3.05, 3.63) is 16.6 Å². The lowest BCUT2D eigenvalue weighted by molar-refractivity contribution is 0.253. The van der Waals surface area contributed by atoms with Gasteiger partial charge in [0.05, 0.1) is 6.04 Å². The van der Waals surface area contributed by atoms with Crippen molar-refractivity contribution in [2.24, 2.45) is 0 Å². The van der Waals surface area contributed by atoms with E-state index in [0.29, 0.717) is 12.1 Å². The highest BCUT2D eigenvalue weighted by molar-refractivity contribution is 7.09. The van der Waals surface area contributed by atoms with Crippen LogP contribution in [0.15, 0.2) is 11.6 Å². The number of nitrogens with zero attached hydrogens (tertiary/aromatic N) is 2. The van der Waals surface area contributed by atoms with Gasteiger partial charge in [0.2, 0.25) is 0 Å². The fraction of sp³-hybridized carbons (Fsp3) is 0.786. The minimum absolute atomic E-state index is 0.446. The minimum Gasteiger partial charge on any atom is -0.304 e. The molecule has 1 saturated carbocycles. The molecule has 0 amide bonds. The molecular formula is C14H23N3S. The molecule has 2 heterocycles. The molecule has 1 aromatic rings. The zero-order chi connectivity index (χ0) is 12.5. The van der Waals surface area contributed by atoms with Crippen LogP contribution in [0.3, 0.4) is 0 Å². The molecule has 0 bridgehead atoms. The lowest BCUT2D eigenvalue weighted by Crippen LogP contribution is -2.36. The maximum Gasteiger partial charge on any atom is 0.109 e. The molecule has 0 spiro atoms. The van der Waals surface area contributed by atoms with E-state index < -0.39 is 0 Å². The summed E-state index contributed by atoms with van der Waals surface area (Å²) in [4.78, 5) is 7.16. The zero-order valence-electron chi connectivity index (χ0n) is 11.3. The number of hydrogen-bond acceptors (Lipinski definition) is 4. The van der Waals surface area contributed by atoms with Gasteiger partial charge in [-0.15, -0.1) is 11.3 Å². The molecule has 3 nitrogen and oxygen atoms in total. The second kappa shape index (κ2) is 5.27. The standard InChI is InChI=1S/C14H23N3S/c1-3-13(14-15-6-7-18-14)16-11-8-10(2)17(9-11)12-4-5-12/h6-7,10-13,16H,3-5,8-9H2,1-2H3. The maximum atomic E-state index is 4.46. The summed E-state index contributed by atoms with van der Waals surface area (Å²) in [5.41, 5.74) is 0. The average Bonchev–Trinajstić information content (AvgIpc) is 2.93. The summed E-state index contributed by atoms with van der Waals surface area (Å²) in [6.07, 6.45) is 7.17. The first-order chi connectivity index (χ1) is 8.78. The Labute approximate surface area is 114 Å². The van der Waals surface area contributed by atoms with Gasteiger partial charge in [0.25, 0.3) is 0 Å². The number of nitrogens with one attached hydrogen (secondary N) is 1. The van der Waals surface area contributed by atoms with Crippen LogP contribution in [0.25, 0.3) is 0 Å². The molecule has 1 saturated heterocycles. The van der Waals surface area contributed by atoms with Gasteiger partial charge in [-0.1, -0.05) is 6.92 Å². The molecule has 1 aliphatic carbocycles. The molecule has 1 N–H and O–H groups in total. The van der Waals surface area contributed by atoms with Gasteiger partial charge < -0.3 is 5.32 Å². The SMILES string of the molecule is CCC(NC1CC(C)N(C2CC2)C1)c1nccs1. The van der Waals surface area contributed by atoms with Crippen molar-refractivity contribution in [3.63, 3.8) is 0 Å². The summed E-state index contributed by atoms with van der Waals surface area (Å²) in [5, 5.41) is 7.14. The highest BCUT2D eigenvalue weighted by Gasteiger charge is 2.39. The van der Waals surface area contributed by atoms with Crippen molar-refractivity contribution in [1.82, 2.24) is 15.2 Å². The van der Waals surface area contributed by atoms with Gasteiger partial charge in [0.1, 0.15) is 5.01 Å². The summed E-state index contributed by atoms with van der Waals surface area (Å²) in [6.45, 7) is 5.86. The predicted molar refractivity (Wildman–Crippen MR) is 75.9 cm³/mol. The smallest absolute Gasteiger partial charge is 0.109 e. The Balaban J connectivity index is 1.59. The van der Waals surface area contributed by atoms with E-state index in [9.17, 15) is 0 Å². The summed E-state index contributed by atoms with van der Waals surface area (Å²) in [6, 6.07) is 2.74. The normalized spacial score (nSPS) is 30.8. The monoisotopic (exact) mass is 265 g/mol. The summed E-state index contributed by atoms with van der Waals surface area (Å²) in [7, 11) is 0. The summed E-state index contributed by atoms with van der Waals surface area (Å²) >= 11 is 1.77. The molecule has 3 atom stereocenters. The number of hydrogen-bond donors (Lipinski definition) is 1. The fourth-order valence-corrected chi connectivity index (χ4v) is 3.93. The first-order valence-corrected chi connectivity index (χ1v) is 8.07. The maximum absolute atomic E-state index is 4.46. The van der Waals surface area contributed by atoms with Gasteiger partial charge in [-0.25, -0.2) is 4.98 Å². The number of aromatic nitrogens is 1. The summed E-state index contributed by atoms with van der Waals surface area (Å²) < 4.78 is 0. The van der Waals surface area contributed by atoms with E-state index in [-0.39, 0.29) is 0 Å². The van der Waals surface area contributed by atoms with Crippen LogP contribution in [0, 0.1) is 0 Å². The van der Waals surface area contributed by atoms with E-state index in [2.05, 4.69) is 34.4 Å². The van der Waals surface area contributed by atoms with Crippen LogP contribution >= 0.6 is 11.3 Å². The molecule has 18 heavy (non-hydrogen) atoms. The molecular weight excluding hydrogens is 242 g/mol. The molecule has 1 aliphatic heterocycles. The molecule has 100 valence electrons. The third-order valence-electron chi connectivity index (χ3n) is 4.23. The molecule has 2 aliphatic rings. The van der Waals surface area contributed by atoms with Crippen LogP contribution in [0.2, 0.25) is 0 Å². The Morgan fingerprint density at radius 3 is 3.00 bits per heavy atom. The van der Waals surface area contributed by atoms with Gasteiger partial charge in [-0.3, -0.25) is 4.90 Å². The van der Waals surface area contributed by atoms with Crippen LogP contribution < -0.4 is 5.32 Å². The fourth-order valence-electron chi connectivity index (χ4n) is 3.15. The first-order valence-electron chi connectivity index (χ1n) is 7.19. The van der Waals surface area contributed by atoms with Gasteiger partial charge in [-0.2, -0.15) is 0 Å². The number of thiazole rings is 1. The molecule has 2 fully saturated rings. The third-order valence-corrected chi connectivity index (χ3v) is 5.12. The molecule has 0 aromatic carbocycles. The zero-order valence-corrected chi connectivity index (χ0v) is 12.1. The Morgan fingerprint density at radius 1 is 1.56 bits per heavy atom. The van der Waals surface area contributed by atoms with Crippen molar-refractivity contribution in [2.75, 3.05) is 6.54 Å². The van der Waals surface area contributed by atoms with E-state index in [1.54, 1.807) is 11.3 Å². The molecule has 3 unspecified atom stereocenters. The van der Waals surface area contributed by atoms with Gasteiger partial charge >= 0.3 is 0 Å². The highest BCUT2D eigenvalue weighted by atomic mass is 32.1. The molecule has 4 heteroatoms.